The number of amidine groups is 1. The number of carbonyl (C=O) groups is 1. The lowest BCUT2D eigenvalue weighted by molar-refractivity contribution is -0.384. The number of carbonyl (C=O) groups excluding carboxylic acids is 1. The van der Waals surface area contributed by atoms with Gasteiger partial charge < -0.3 is 24.4 Å². The largest absolute Gasteiger partial charge is 0.488 e. The van der Waals surface area contributed by atoms with Crippen LogP contribution in [0, 0.1) is 10.1 Å². The molecule has 0 spiro atoms. The standard InChI is InChI=1S/C20H27N3O8S/c1-10(29-12-8-6-11(7-9-12)23(27)28)16-15(25)14(24)13-17(30-16)32-18(21-13)22(5)19(26)31-20(2,3)4/h6-10,13-17,24-25H,1-5H3/t10-,13+,14+,15-,16+,17+/m0/s1. The van der Waals surface area contributed by atoms with Crippen molar-refractivity contribution in [3.63, 3.8) is 0 Å². The van der Waals surface area contributed by atoms with Crippen LogP contribution < -0.4 is 4.74 Å². The second kappa shape index (κ2) is 9.22. The Bertz CT molecular complexity index is 888. The lowest BCUT2D eigenvalue weighted by Gasteiger charge is -2.40. The first kappa shape index (κ1) is 24.2. The molecule has 1 aromatic carbocycles. The van der Waals surface area contributed by atoms with E-state index in [0.29, 0.717) is 10.9 Å². The summed E-state index contributed by atoms with van der Waals surface area (Å²) in [5, 5.41) is 32.3. The fraction of sp³-hybridized carbons (Fsp3) is 0.600. The van der Waals surface area contributed by atoms with Gasteiger partial charge in [0.2, 0.25) is 0 Å². The molecule has 2 heterocycles. The average Bonchev–Trinajstić information content (AvgIpc) is 3.13. The maximum Gasteiger partial charge on any atom is 0.416 e. The van der Waals surface area contributed by atoms with Gasteiger partial charge in [0, 0.05) is 19.2 Å². The number of hydrogen-bond donors (Lipinski definition) is 2. The van der Waals surface area contributed by atoms with Crippen molar-refractivity contribution in [2.75, 3.05) is 7.05 Å². The van der Waals surface area contributed by atoms with Crippen molar-refractivity contribution in [2.24, 2.45) is 4.99 Å². The second-order valence-electron chi connectivity index (χ2n) is 8.58. The molecule has 3 rings (SSSR count). The molecule has 11 nitrogen and oxygen atoms in total. The van der Waals surface area contributed by atoms with E-state index in [4.69, 9.17) is 14.2 Å². The summed E-state index contributed by atoms with van der Waals surface area (Å²) in [5.41, 5.74) is -1.39. The van der Waals surface area contributed by atoms with Crippen molar-refractivity contribution in [3.8, 4) is 5.75 Å². The number of aliphatic hydroxyl groups excluding tert-OH is 2. The molecule has 176 valence electrons. The molecule has 0 aromatic heterocycles. The first-order chi connectivity index (χ1) is 14.9. The third-order valence-corrected chi connectivity index (χ3v) is 6.09. The van der Waals surface area contributed by atoms with Gasteiger partial charge in [-0.3, -0.25) is 20.0 Å². The molecular weight excluding hydrogens is 442 g/mol. The van der Waals surface area contributed by atoms with Gasteiger partial charge in [-0.05, 0) is 39.8 Å². The van der Waals surface area contributed by atoms with Crippen LogP contribution in [0.2, 0.25) is 0 Å². The number of nitro benzene ring substituents is 1. The Kier molecular flexibility index (Phi) is 6.98. The molecule has 1 amide bonds. The molecule has 0 radical (unpaired) electrons. The van der Waals surface area contributed by atoms with Gasteiger partial charge >= 0.3 is 6.09 Å². The maximum atomic E-state index is 12.3. The molecule has 2 aliphatic rings. The van der Waals surface area contributed by atoms with Crippen LogP contribution in [0.15, 0.2) is 29.3 Å². The van der Waals surface area contributed by atoms with Crippen molar-refractivity contribution >= 4 is 28.7 Å². The number of fused-ring (bicyclic) bond motifs is 1. The highest BCUT2D eigenvalue weighted by atomic mass is 32.2. The van der Waals surface area contributed by atoms with Crippen LogP contribution in [0.1, 0.15) is 27.7 Å². The van der Waals surface area contributed by atoms with Gasteiger partial charge in [0.05, 0.1) is 4.92 Å². The number of hydrogen-bond acceptors (Lipinski definition) is 10. The lowest BCUT2D eigenvalue weighted by atomic mass is 9.95. The van der Waals surface area contributed by atoms with Crippen molar-refractivity contribution in [2.45, 2.75) is 69.2 Å². The molecule has 1 fully saturated rings. The van der Waals surface area contributed by atoms with Crippen LogP contribution in [-0.2, 0) is 9.47 Å². The van der Waals surface area contributed by atoms with E-state index in [2.05, 4.69) is 4.99 Å². The van der Waals surface area contributed by atoms with E-state index in [1.54, 1.807) is 27.7 Å². The van der Waals surface area contributed by atoms with Gasteiger partial charge in [0.25, 0.3) is 5.69 Å². The van der Waals surface area contributed by atoms with E-state index in [1.165, 1.54) is 36.2 Å². The number of thioether (sulfide) groups is 1. The summed E-state index contributed by atoms with van der Waals surface area (Å²) < 4.78 is 17.1. The summed E-state index contributed by atoms with van der Waals surface area (Å²) in [7, 11) is 1.51. The molecule has 12 heteroatoms. The molecule has 0 aliphatic carbocycles. The molecule has 32 heavy (non-hydrogen) atoms. The van der Waals surface area contributed by atoms with E-state index in [1.807, 2.05) is 0 Å². The van der Waals surface area contributed by atoms with Gasteiger partial charge in [-0.2, -0.15) is 0 Å². The van der Waals surface area contributed by atoms with Crippen LogP contribution in [0.4, 0.5) is 10.5 Å². The zero-order chi connectivity index (χ0) is 23.8. The number of ether oxygens (including phenoxy) is 3. The summed E-state index contributed by atoms with van der Waals surface area (Å²) in [5.74, 6) is 0.358. The summed E-state index contributed by atoms with van der Waals surface area (Å²) in [6, 6.07) is 4.75. The van der Waals surface area contributed by atoms with Crippen LogP contribution >= 0.6 is 11.8 Å². The number of aliphatic hydroxyl groups is 2. The predicted molar refractivity (Wildman–Crippen MR) is 117 cm³/mol. The smallest absolute Gasteiger partial charge is 0.416 e. The highest BCUT2D eigenvalue weighted by Crippen LogP contribution is 2.38. The Morgan fingerprint density at radius 1 is 1.28 bits per heavy atom. The van der Waals surface area contributed by atoms with Crippen molar-refractivity contribution in [1.82, 2.24) is 4.90 Å². The van der Waals surface area contributed by atoms with Gasteiger partial charge in [0.1, 0.15) is 47.2 Å². The SMILES string of the molecule is C[C@H](Oc1ccc([N+](=O)[O-])cc1)[C@H]1O[C@@H]2SC(N(C)C(=O)OC(C)(C)C)=N[C@@H]2[C@@H](O)[C@@H]1O. The second-order valence-corrected chi connectivity index (χ2v) is 9.65. The molecular formula is C20H27N3O8S. The number of rotatable bonds is 4. The number of aliphatic imine (C=N–C) groups is 1. The Balaban J connectivity index is 1.66. The first-order valence-electron chi connectivity index (χ1n) is 10.0. The van der Waals surface area contributed by atoms with Crippen molar-refractivity contribution in [3.05, 3.63) is 34.4 Å². The molecule has 2 N–H and O–H groups in total. The molecule has 1 aromatic rings. The highest BCUT2D eigenvalue weighted by Gasteiger charge is 2.51. The molecule has 2 aliphatic heterocycles. The average molecular weight is 470 g/mol. The summed E-state index contributed by atoms with van der Waals surface area (Å²) in [4.78, 5) is 28.2. The minimum Gasteiger partial charge on any atom is -0.488 e. The fourth-order valence-corrected chi connectivity index (χ4v) is 4.43. The predicted octanol–water partition coefficient (Wildman–Crippen LogP) is 2.15. The van der Waals surface area contributed by atoms with Gasteiger partial charge in [0.15, 0.2) is 5.17 Å². The minimum absolute atomic E-state index is 0.0710. The normalized spacial score (nSPS) is 28.3. The van der Waals surface area contributed by atoms with Crippen LogP contribution in [-0.4, -0.2) is 79.8 Å². The number of nitro groups is 1. The van der Waals surface area contributed by atoms with Crippen molar-refractivity contribution in [1.29, 1.82) is 0 Å². The van der Waals surface area contributed by atoms with Crippen LogP contribution in [0.25, 0.3) is 0 Å². The van der Waals surface area contributed by atoms with E-state index < -0.39 is 52.5 Å². The third-order valence-electron chi connectivity index (χ3n) is 4.87. The Morgan fingerprint density at radius 3 is 2.47 bits per heavy atom. The Hall–Kier alpha value is -2.41. The van der Waals surface area contributed by atoms with E-state index in [-0.39, 0.29) is 5.69 Å². The summed E-state index contributed by atoms with van der Waals surface area (Å²) >= 11 is 1.15. The quantitative estimate of drug-likeness (QED) is 0.500. The Labute approximate surface area is 189 Å². The van der Waals surface area contributed by atoms with Gasteiger partial charge in [-0.25, -0.2) is 4.79 Å². The summed E-state index contributed by atoms with van der Waals surface area (Å²) in [6.07, 6.45) is -4.70. The first-order valence-corrected chi connectivity index (χ1v) is 10.9. The van der Waals surface area contributed by atoms with Crippen LogP contribution in [0.3, 0.4) is 0 Å². The molecule has 1 saturated heterocycles. The number of amides is 1. The molecule has 6 atom stereocenters. The van der Waals surface area contributed by atoms with Crippen molar-refractivity contribution < 1.29 is 34.1 Å². The van der Waals surface area contributed by atoms with E-state index in [9.17, 15) is 25.1 Å². The van der Waals surface area contributed by atoms with E-state index in [0.717, 1.165) is 11.8 Å². The topological polar surface area (TPSA) is 144 Å². The van der Waals surface area contributed by atoms with E-state index >= 15 is 0 Å². The number of benzene rings is 1. The lowest BCUT2D eigenvalue weighted by Crippen LogP contribution is -2.58. The highest BCUT2D eigenvalue weighted by molar-refractivity contribution is 8.14. The summed E-state index contributed by atoms with van der Waals surface area (Å²) in [6.45, 7) is 6.92. The fourth-order valence-electron chi connectivity index (χ4n) is 3.26. The van der Waals surface area contributed by atoms with Crippen LogP contribution in [0.5, 0.6) is 5.75 Å². The van der Waals surface area contributed by atoms with Gasteiger partial charge in [-0.15, -0.1) is 0 Å². The minimum atomic E-state index is -1.29. The van der Waals surface area contributed by atoms with Gasteiger partial charge in [-0.1, -0.05) is 11.8 Å². The maximum absolute atomic E-state index is 12.3. The monoisotopic (exact) mass is 469 g/mol. The Morgan fingerprint density at radius 2 is 1.91 bits per heavy atom. The molecule has 0 bridgehead atoms. The zero-order valence-corrected chi connectivity index (χ0v) is 19.2. The number of nitrogens with zero attached hydrogens (tertiary/aromatic N) is 3. The number of non-ortho nitro benzene ring substituents is 1. The molecule has 0 unspecified atom stereocenters. The third kappa shape index (κ3) is 5.31. The molecule has 0 saturated carbocycles. The zero-order valence-electron chi connectivity index (χ0n) is 18.4.